The van der Waals surface area contributed by atoms with E-state index in [0.29, 0.717) is 51.6 Å². The molecule has 7 nitrogen and oxygen atoms in total. The van der Waals surface area contributed by atoms with Crippen molar-refractivity contribution in [1.82, 2.24) is 15.0 Å². The summed E-state index contributed by atoms with van der Waals surface area (Å²) in [6.07, 6.45) is 4.06. The van der Waals surface area contributed by atoms with Crippen LogP contribution in [-0.2, 0) is 27.5 Å². The number of carbonyl (C=O) groups excluding carboxylic acids is 3. The fourth-order valence-electron chi connectivity index (χ4n) is 4.58. The number of aryl methyl sites for hydroxylation is 1. The molecule has 198 valence electrons. The van der Waals surface area contributed by atoms with Gasteiger partial charge in [0.1, 0.15) is 17.3 Å². The molecule has 0 saturated carbocycles. The normalized spacial score (nSPS) is 12.2. The molecule has 0 fully saturated rings. The number of benzene rings is 2. The Balaban J connectivity index is 0.00000127. The van der Waals surface area contributed by atoms with E-state index >= 15 is 0 Å². The summed E-state index contributed by atoms with van der Waals surface area (Å²) in [7, 11) is 3.57. The first-order chi connectivity index (χ1) is 18.4. The van der Waals surface area contributed by atoms with Crippen LogP contribution in [0.2, 0.25) is 0 Å². The molecule has 0 aliphatic carbocycles. The van der Waals surface area contributed by atoms with Crippen LogP contribution in [-0.4, -0.2) is 33.1 Å². The average molecular weight is 635 g/mol. The minimum absolute atomic E-state index is 0.0356. The van der Waals surface area contributed by atoms with E-state index in [1.807, 2.05) is 65.0 Å². The van der Waals surface area contributed by atoms with E-state index in [1.54, 1.807) is 6.92 Å². The number of ketones is 2. The summed E-state index contributed by atoms with van der Waals surface area (Å²) in [5.41, 5.74) is 5.35. The van der Waals surface area contributed by atoms with E-state index in [1.165, 1.54) is 0 Å². The summed E-state index contributed by atoms with van der Waals surface area (Å²) < 4.78 is 8.07. The van der Waals surface area contributed by atoms with E-state index in [4.69, 9.17) is 0.594 Å². The Morgan fingerprint density at radius 3 is 2.41 bits per heavy atom. The molecule has 2 heterocycles. The molecule has 0 bridgehead atoms. The third-order valence-electron chi connectivity index (χ3n) is 6.48. The van der Waals surface area contributed by atoms with Crippen molar-refractivity contribution in [2.75, 3.05) is 4.90 Å². The van der Waals surface area contributed by atoms with Gasteiger partial charge in [0.15, 0.2) is 0 Å². The molecule has 0 radical (unpaired) electrons. The average Bonchev–Trinajstić information content (AvgIpc) is 3.32. The number of aromatic nitrogens is 3. The molecule has 1 aromatic heterocycles. The molecule has 3 aromatic rings. The van der Waals surface area contributed by atoms with Gasteiger partial charge in [-0.25, -0.2) is 4.68 Å². The molecule has 4 rings (SSSR count). The van der Waals surface area contributed by atoms with Crippen molar-refractivity contribution in [3.8, 4) is 22.5 Å². The number of hydrogen-bond acceptors (Lipinski definition) is 6. The topological polar surface area (TPSA) is 85.2 Å². The molecule has 1 amide bonds. The summed E-state index contributed by atoms with van der Waals surface area (Å²) in [4.78, 5) is 38.4. The molecule has 0 unspecified atom stereocenters. The number of para-hydroxylation sites is 1. The second-order valence-electron chi connectivity index (χ2n) is 9.07. The summed E-state index contributed by atoms with van der Waals surface area (Å²) >= 11 is -0.466. The fourth-order valence-corrected chi connectivity index (χ4v) is 4.58. The van der Waals surface area contributed by atoms with Gasteiger partial charge >= 0.3 is 31.4 Å². The Kier molecular flexibility index (Phi) is 10.7. The van der Waals surface area contributed by atoms with Crippen LogP contribution >= 0.6 is 9.80 Å². The first kappa shape index (κ1) is 27.5. The zero-order valence-corrected chi connectivity index (χ0v) is 24.4. The van der Waals surface area contributed by atoms with Gasteiger partial charge in [-0.15, -0.1) is 5.10 Å². The Hall–Kier alpha value is -2.53. The van der Waals surface area contributed by atoms with Gasteiger partial charge in [0, 0.05) is 43.4 Å². The van der Waals surface area contributed by atoms with Crippen LogP contribution in [0.4, 0.5) is 5.69 Å². The molecular weight excluding hydrogens is 599 g/mol. The molecule has 0 atom stereocenters. The van der Waals surface area contributed by atoms with Gasteiger partial charge in [0.25, 0.3) is 0 Å². The standard InChI is InChI=1S/C28H32N4O3.H2IS/c1-3-22(34)13-5-9-17-26(35)31-19-21-12-4-6-14-23(21)28-27(24-15-7-8-16-25(24)31)29-30-32(28)18-10-11-20(2)33;1-2/h4,6-8,12,14-16H,3,5,9-11,13,17-19H2,1-2H3;1-2H/q;-1/i;1D. The van der Waals surface area contributed by atoms with Gasteiger partial charge in [-0.2, -0.15) is 0 Å². The van der Waals surface area contributed by atoms with E-state index in [0.717, 1.165) is 40.2 Å². The third kappa shape index (κ3) is 7.28. The first-order valence-electron chi connectivity index (χ1n) is 13.0. The van der Waals surface area contributed by atoms with E-state index < -0.39 is 21.0 Å². The summed E-state index contributed by atoms with van der Waals surface area (Å²) in [5.74, 6) is 0.433. The Morgan fingerprint density at radius 2 is 1.68 bits per heavy atom. The SMILES string of the molecule is CCC(=O)CCCCC(=O)N1Cc2ccccc2-c2c(nnn2CCCC(C)=O)-c2ccccc21.[2H][I-]S. The van der Waals surface area contributed by atoms with Crippen molar-refractivity contribution in [3.05, 3.63) is 54.1 Å². The van der Waals surface area contributed by atoms with Gasteiger partial charge in [-0.1, -0.05) is 54.6 Å². The molecule has 0 spiro atoms. The quantitative estimate of drug-likeness (QED) is 0.211. The summed E-state index contributed by atoms with van der Waals surface area (Å²) in [5, 5.41) is 9.00. The van der Waals surface area contributed by atoms with Crippen LogP contribution < -0.4 is 25.9 Å². The van der Waals surface area contributed by atoms with E-state index in [-0.39, 0.29) is 17.5 Å². The number of anilines is 1. The molecule has 0 saturated heterocycles. The van der Waals surface area contributed by atoms with Crippen LogP contribution in [0.5, 0.6) is 0 Å². The molecule has 0 N–H and O–H groups in total. The maximum atomic E-state index is 13.4. The predicted octanol–water partition coefficient (Wildman–Crippen LogP) is 2.48. The molecule has 37 heavy (non-hydrogen) atoms. The molecule has 1 aliphatic rings. The van der Waals surface area contributed by atoms with E-state index in [9.17, 15) is 14.4 Å². The minimum atomic E-state index is -0.466. The molecule has 2 aromatic carbocycles. The predicted molar refractivity (Wildman–Crippen MR) is 146 cm³/mol. The van der Waals surface area contributed by atoms with Gasteiger partial charge in [0.05, 0.1) is 17.9 Å². The number of halogens is 1. The third-order valence-corrected chi connectivity index (χ3v) is 6.48. The number of Topliss-reactive ketones (excluding diaryl/α,β-unsaturated/α-hetero) is 2. The van der Waals surface area contributed by atoms with Gasteiger partial charge in [0.2, 0.25) is 5.91 Å². The Morgan fingerprint density at radius 1 is 1.00 bits per heavy atom. The Labute approximate surface area is 236 Å². The van der Waals surface area contributed by atoms with Crippen molar-refractivity contribution in [3.63, 3.8) is 0 Å². The van der Waals surface area contributed by atoms with Crippen molar-refractivity contribution in [1.29, 1.82) is 0.594 Å². The number of unbranched alkanes of at least 4 members (excludes halogenated alkanes) is 1. The molecule has 9 heteroatoms. The Bertz CT molecular complexity index is 1270. The number of hydrogen-bond donors (Lipinski definition) is 1. The van der Waals surface area contributed by atoms with Gasteiger partial charge < -0.3 is 9.69 Å². The van der Waals surface area contributed by atoms with Crippen LogP contribution in [0.15, 0.2) is 48.5 Å². The molecule has 1 aliphatic heterocycles. The molecular formula is C28H34IN4O3S-. The summed E-state index contributed by atoms with van der Waals surface area (Å²) in [6, 6.07) is 15.9. The number of fused-ring (bicyclic) bond motifs is 5. The summed E-state index contributed by atoms with van der Waals surface area (Å²) in [6.45, 7) is 4.51. The zero-order valence-electron chi connectivity index (χ0n) is 22.3. The number of thiol groups is 1. The van der Waals surface area contributed by atoms with Crippen LogP contribution in [0.25, 0.3) is 22.5 Å². The van der Waals surface area contributed by atoms with Crippen LogP contribution in [0.3, 0.4) is 0 Å². The van der Waals surface area contributed by atoms with Crippen molar-refractivity contribution in [2.45, 2.75) is 71.9 Å². The van der Waals surface area contributed by atoms with Crippen molar-refractivity contribution in [2.24, 2.45) is 0 Å². The monoisotopic (exact) mass is 634 g/mol. The van der Waals surface area contributed by atoms with Crippen molar-refractivity contribution < 1.29 is 35.4 Å². The zero-order chi connectivity index (χ0) is 27.5. The van der Waals surface area contributed by atoms with Gasteiger partial charge in [-0.05, 0) is 37.8 Å². The van der Waals surface area contributed by atoms with Crippen molar-refractivity contribution >= 4 is 33.0 Å². The van der Waals surface area contributed by atoms with Crippen LogP contribution in [0.1, 0.15) is 64.4 Å². The first-order valence-corrected chi connectivity index (χ1v) is 15.8. The number of amides is 1. The maximum absolute atomic E-state index is 13.4. The van der Waals surface area contributed by atoms with E-state index in [2.05, 4.69) is 20.1 Å². The number of carbonyl (C=O) groups is 3. The van der Waals surface area contributed by atoms with Crippen LogP contribution in [0, 0.1) is 0 Å². The number of nitrogens with zero attached hydrogens (tertiary/aromatic N) is 4. The van der Waals surface area contributed by atoms with Gasteiger partial charge in [-0.3, -0.25) is 9.59 Å². The fraction of sp³-hybridized carbons (Fsp3) is 0.393. The number of rotatable bonds is 10. The second-order valence-corrected chi connectivity index (χ2v) is 9.07. The second kappa shape index (κ2) is 14.4.